The SMILES string of the molecule is CCCCc1noc(C(C)CCC(C)CCc2nc(C(C)C)no2)n1. The molecule has 0 saturated heterocycles. The third-order valence-electron chi connectivity index (χ3n) is 4.60. The molecule has 2 rings (SSSR count). The van der Waals surface area contributed by atoms with Crippen LogP contribution in [0.15, 0.2) is 9.05 Å². The van der Waals surface area contributed by atoms with E-state index in [0.29, 0.717) is 17.8 Å². The van der Waals surface area contributed by atoms with Crippen LogP contribution in [-0.2, 0) is 12.8 Å². The van der Waals surface area contributed by atoms with E-state index in [-0.39, 0.29) is 0 Å². The van der Waals surface area contributed by atoms with Crippen LogP contribution in [0, 0.1) is 5.92 Å². The first kappa shape index (κ1) is 19.6. The average molecular weight is 348 g/mol. The summed E-state index contributed by atoms with van der Waals surface area (Å²) in [6, 6.07) is 0. The number of unbranched alkanes of at least 4 members (excludes halogenated alkanes) is 1. The molecule has 2 aromatic heterocycles. The molecular formula is C19H32N4O2. The maximum Gasteiger partial charge on any atom is 0.229 e. The van der Waals surface area contributed by atoms with Crippen LogP contribution < -0.4 is 0 Å². The lowest BCUT2D eigenvalue weighted by atomic mass is 9.94. The fourth-order valence-corrected chi connectivity index (χ4v) is 2.68. The predicted octanol–water partition coefficient (Wildman–Crippen LogP) is 5.07. The quantitative estimate of drug-likeness (QED) is 0.564. The Hall–Kier alpha value is -1.72. The molecule has 6 nitrogen and oxygen atoms in total. The first-order valence-corrected chi connectivity index (χ1v) is 9.64. The van der Waals surface area contributed by atoms with E-state index in [1.165, 1.54) is 0 Å². The predicted molar refractivity (Wildman–Crippen MR) is 96.4 cm³/mol. The molecule has 0 saturated carbocycles. The summed E-state index contributed by atoms with van der Waals surface area (Å²) < 4.78 is 10.7. The molecule has 25 heavy (non-hydrogen) atoms. The van der Waals surface area contributed by atoms with E-state index in [1.54, 1.807) is 0 Å². The van der Waals surface area contributed by atoms with E-state index in [4.69, 9.17) is 9.05 Å². The summed E-state index contributed by atoms with van der Waals surface area (Å²) in [5, 5.41) is 8.10. The largest absolute Gasteiger partial charge is 0.339 e. The van der Waals surface area contributed by atoms with Crippen LogP contribution in [0.2, 0.25) is 0 Å². The van der Waals surface area contributed by atoms with E-state index in [0.717, 1.165) is 68.4 Å². The molecule has 0 N–H and O–H groups in total. The highest BCUT2D eigenvalue weighted by molar-refractivity contribution is 4.93. The van der Waals surface area contributed by atoms with E-state index >= 15 is 0 Å². The summed E-state index contributed by atoms with van der Waals surface area (Å²) in [6.45, 7) is 10.8. The van der Waals surface area contributed by atoms with Gasteiger partial charge in [0.2, 0.25) is 11.8 Å². The molecule has 2 heterocycles. The van der Waals surface area contributed by atoms with Crippen molar-refractivity contribution in [3.05, 3.63) is 23.4 Å². The number of hydrogen-bond donors (Lipinski definition) is 0. The van der Waals surface area contributed by atoms with Crippen molar-refractivity contribution in [2.45, 2.75) is 91.4 Å². The minimum absolute atomic E-state index is 0.307. The summed E-state index contributed by atoms with van der Waals surface area (Å²) in [5.74, 6) is 4.38. The first-order chi connectivity index (χ1) is 12.0. The Balaban J connectivity index is 1.71. The standard InChI is InChI=1S/C19H32N4O2/c1-6-7-8-16-20-19(25-22-16)15(5)11-9-14(4)10-12-17-21-18(13(2)3)23-24-17/h13-15H,6-12H2,1-5H3. The van der Waals surface area contributed by atoms with Crippen LogP contribution in [0.25, 0.3) is 0 Å². The third kappa shape index (κ3) is 6.25. The van der Waals surface area contributed by atoms with Gasteiger partial charge in [-0.05, 0) is 31.6 Å². The molecule has 0 aliphatic carbocycles. The maximum absolute atomic E-state index is 5.42. The number of hydrogen-bond acceptors (Lipinski definition) is 6. The molecule has 6 heteroatoms. The van der Waals surface area contributed by atoms with Crippen LogP contribution in [0.3, 0.4) is 0 Å². The van der Waals surface area contributed by atoms with Crippen LogP contribution in [0.5, 0.6) is 0 Å². The smallest absolute Gasteiger partial charge is 0.229 e. The van der Waals surface area contributed by atoms with Gasteiger partial charge in [0.15, 0.2) is 11.6 Å². The minimum Gasteiger partial charge on any atom is -0.339 e. The molecule has 2 atom stereocenters. The number of aryl methyl sites for hydroxylation is 2. The number of nitrogens with zero attached hydrogens (tertiary/aromatic N) is 4. The van der Waals surface area contributed by atoms with Crippen LogP contribution >= 0.6 is 0 Å². The Bertz CT molecular complexity index is 620. The van der Waals surface area contributed by atoms with Crippen molar-refractivity contribution in [3.63, 3.8) is 0 Å². The Morgan fingerprint density at radius 1 is 0.880 bits per heavy atom. The monoisotopic (exact) mass is 348 g/mol. The van der Waals surface area contributed by atoms with E-state index < -0.39 is 0 Å². The molecular weight excluding hydrogens is 316 g/mol. The topological polar surface area (TPSA) is 77.8 Å². The van der Waals surface area contributed by atoms with E-state index in [2.05, 4.69) is 54.9 Å². The molecule has 0 spiro atoms. The molecule has 0 radical (unpaired) electrons. The van der Waals surface area contributed by atoms with Gasteiger partial charge in [0.1, 0.15) is 0 Å². The summed E-state index contributed by atoms with van der Waals surface area (Å²) >= 11 is 0. The maximum atomic E-state index is 5.42. The Kier molecular flexibility index (Phi) is 7.59. The zero-order valence-corrected chi connectivity index (χ0v) is 16.3. The van der Waals surface area contributed by atoms with Crippen molar-refractivity contribution in [2.75, 3.05) is 0 Å². The van der Waals surface area contributed by atoms with Gasteiger partial charge < -0.3 is 9.05 Å². The van der Waals surface area contributed by atoms with Gasteiger partial charge in [-0.15, -0.1) is 0 Å². The first-order valence-electron chi connectivity index (χ1n) is 9.64. The van der Waals surface area contributed by atoms with Crippen LogP contribution in [-0.4, -0.2) is 20.3 Å². The second-order valence-corrected chi connectivity index (χ2v) is 7.48. The molecule has 140 valence electrons. The van der Waals surface area contributed by atoms with Crippen LogP contribution in [0.4, 0.5) is 0 Å². The van der Waals surface area contributed by atoms with Gasteiger partial charge in [0, 0.05) is 24.7 Å². The van der Waals surface area contributed by atoms with E-state index in [9.17, 15) is 0 Å². The van der Waals surface area contributed by atoms with Gasteiger partial charge in [0.25, 0.3) is 0 Å². The molecule has 0 aromatic carbocycles. The van der Waals surface area contributed by atoms with Crippen molar-refractivity contribution in [1.82, 2.24) is 20.3 Å². The normalized spacial score (nSPS) is 14.2. The third-order valence-corrected chi connectivity index (χ3v) is 4.60. The molecule has 0 bridgehead atoms. The Morgan fingerprint density at radius 3 is 2.36 bits per heavy atom. The van der Waals surface area contributed by atoms with Crippen LogP contribution in [0.1, 0.15) is 102 Å². The fourth-order valence-electron chi connectivity index (χ4n) is 2.68. The highest BCUT2D eigenvalue weighted by Gasteiger charge is 2.16. The summed E-state index contributed by atoms with van der Waals surface area (Å²) in [4.78, 5) is 8.97. The lowest BCUT2D eigenvalue weighted by molar-refractivity contribution is 0.331. The van der Waals surface area contributed by atoms with Crippen molar-refractivity contribution >= 4 is 0 Å². The van der Waals surface area contributed by atoms with Gasteiger partial charge >= 0.3 is 0 Å². The fraction of sp³-hybridized carbons (Fsp3) is 0.789. The van der Waals surface area contributed by atoms with Gasteiger partial charge in [-0.1, -0.05) is 51.4 Å². The van der Waals surface area contributed by atoms with Gasteiger partial charge in [-0.3, -0.25) is 0 Å². The summed E-state index contributed by atoms with van der Waals surface area (Å²) in [5.41, 5.74) is 0. The summed E-state index contributed by atoms with van der Waals surface area (Å²) in [7, 11) is 0. The van der Waals surface area contributed by atoms with Crippen molar-refractivity contribution in [1.29, 1.82) is 0 Å². The van der Waals surface area contributed by atoms with Crippen molar-refractivity contribution in [3.8, 4) is 0 Å². The lowest BCUT2D eigenvalue weighted by Gasteiger charge is -2.12. The Morgan fingerprint density at radius 2 is 1.68 bits per heavy atom. The molecule has 0 aliphatic rings. The van der Waals surface area contributed by atoms with Crippen molar-refractivity contribution < 1.29 is 9.05 Å². The average Bonchev–Trinajstić information content (AvgIpc) is 3.25. The zero-order valence-electron chi connectivity index (χ0n) is 16.3. The van der Waals surface area contributed by atoms with E-state index in [1.807, 2.05) is 0 Å². The molecule has 2 aromatic rings. The number of rotatable bonds is 11. The number of aromatic nitrogens is 4. The highest BCUT2D eigenvalue weighted by atomic mass is 16.5. The highest BCUT2D eigenvalue weighted by Crippen LogP contribution is 2.24. The minimum atomic E-state index is 0.307. The van der Waals surface area contributed by atoms with Gasteiger partial charge in [-0.2, -0.15) is 9.97 Å². The molecule has 0 aliphatic heterocycles. The molecule has 0 amide bonds. The Labute approximate surface area is 150 Å². The molecule has 2 unspecified atom stereocenters. The second kappa shape index (κ2) is 9.68. The molecule has 0 fully saturated rings. The van der Waals surface area contributed by atoms with Crippen molar-refractivity contribution in [2.24, 2.45) is 5.92 Å². The second-order valence-electron chi connectivity index (χ2n) is 7.48. The van der Waals surface area contributed by atoms with Gasteiger partial charge in [-0.25, -0.2) is 0 Å². The summed E-state index contributed by atoms with van der Waals surface area (Å²) in [6.07, 6.45) is 7.24. The zero-order chi connectivity index (χ0) is 18.2. The lowest BCUT2D eigenvalue weighted by Crippen LogP contribution is -2.02. The van der Waals surface area contributed by atoms with Gasteiger partial charge in [0.05, 0.1) is 0 Å².